The van der Waals surface area contributed by atoms with Crippen molar-refractivity contribution in [3.63, 3.8) is 0 Å². The second kappa shape index (κ2) is 4.30. The average molecular weight is 235 g/mol. The highest BCUT2D eigenvalue weighted by atomic mass is 32.2. The van der Waals surface area contributed by atoms with Gasteiger partial charge in [0, 0.05) is 17.4 Å². The van der Waals surface area contributed by atoms with Gasteiger partial charge in [-0.3, -0.25) is 0 Å². The Morgan fingerprint density at radius 1 is 1.44 bits per heavy atom. The van der Waals surface area contributed by atoms with Crippen LogP contribution in [-0.2, 0) is 0 Å². The zero-order valence-electron chi connectivity index (χ0n) is 9.53. The molecule has 86 valence electrons. The molecule has 2 nitrogen and oxygen atoms in total. The first kappa shape index (κ1) is 10.5. The van der Waals surface area contributed by atoms with Crippen molar-refractivity contribution in [2.45, 2.75) is 25.4 Å². The molecule has 2 atom stereocenters. The second-order valence-electron chi connectivity index (χ2n) is 4.63. The van der Waals surface area contributed by atoms with Crippen LogP contribution in [0, 0.1) is 6.92 Å². The first-order valence-electron chi connectivity index (χ1n) is 5.90. The molecule has 2 unspecified atom stereocenters. The summed E-state index contributed by atoms with van der Waals surface area (Å²) < 4.78 is 5.71. The molecule has 1 saturated heterocycles. The number of hydrogen-bond acceptors (Lipinski definition) is 3. The normalized spacial score (nSPS) is 27.8. The van der Waals surface area contributed by atoms with Gasteiger partial charge < -0.3 is 10.1 Å². The number of rotatable bonds is 2. The summed E-state index contributed by atoms with van der Waals surface area (Å²) in [7, 11) is 0. The first-order valence-corrected chi connectivity index (χ1v) is 7.05. The van der Waals surface area contributed by atoms with E-state index in [-0.39, 0.29) is 0 Å². The van der Waals surface area contributed by atoms with Gasteiger partial charge in [-0.1, -0.05) is 17.7 Å². The van der Waals surface area contributed by atoms with Gasteiger partial charge in [0.05, 0.1) is 6.04 Å². The molecular formula is C13H17NOS. The number of nitrogens with one attached hydrogen (secondary N) is 1. The monoisotopic (exact) mass is 235 g/mol. The highest BCUT2D eigenvalue weighted by Crippen LogP contribution is 2.34. The van der Waals surface area contributed by atoms with Crippen LogP contribution < -0.4 is 10.1 Å². The van der Waals surface area contributed by atoms with Gasteiger partial charge >= 0.3 is 0 Å². The number of ether oxygens (including phenoxy) is 1. The predicted molar refractivity (Wildman–Crippen MR) is 68.3 cm³/mol. The summed E-state index contributed by atoms with van der Waals surface area (Å²) >= 11 is 2.05. The van der Waals surface area contributed by atoms with E-state index >= 15 is 0 Å². The van der Waals surface area contributed by atoms with Crippen LogP contribution in [0.4, 0.5) is 0 Å². The van der Waals surface area contributed by atoms with Crippen LogP contribution in [0.15, 0.2) is 18.2 Å². The number of fused-ring (bicyclic) bond motifs is 1. The minimum absolute atomic E-state index is 0.401. The average Bonchev–Trinajstić information content (AvgIpc) is 2.90. The van der Waals surface area contributed by atoms with Gasteiger partial charge in [-0.05, 0) is 25.2 Å². The van der Waals surface area contributed by atoms with E-state index in [0.717, 1.165) is 12.4 Å². The zero-order valence-corrected chi connectivity index (χ0v) is 10.3. The van der Waals surface area contributed by atoms with E-state index < -0.39 is 0 Å². The van der Waals surface area contributed by atoms with Gasteiger partial charge in [0.1, 0.15) is 12.4 Å². The van der Waals surface area contributed by atoms with E-state index in [4.69, 9.17) is 4.74 Å². The molecule has 3 rings (SSSR count). The van der Waals surface area contributed by atoms with E-state index in [9.17, 15) is 0 Å². The van der Waals surface area contributed by atoms with Crippen LogP contribution in [0.5, 0.6) is 5.75 Å². The summed E-state index contributed by atoms with van der Waals surface area (Å²) in [4.78, 5) is 0. The van der Waals surface area contributed by atoms with Crippen LogP contribution in [0.25, 0.3) is 0 Å². The predicted octanol–water partition coefficient (Wildman–Crippen LogP) is 2.52. The fourth-order valence-corrected chi connectivity index (χ4v) is 3.59. The number of aryl methyl sites for hydroxylation is 1. The molecule has 1 aromatic rings. The van der Waals surface area contributed by atoms with Crippen molar-refractivity contribution in [2.24, 2.45) is 0 Å². The standard InChI is InChI=1S/C13H17NOS/c1-9-2-3-13-11(6-9)12(7-15-13)14-10-4-5-16-8-10/h2-3,6,10,12,14H,4-5,7-8H2,1H3. The molecule has 0 aliphatic carbocycles. The van der Waals surface area contributed by atoms with Gasteiger partial charge in [-0.25, -0.2) is 0 Å². The van der Waals surface area contributed by atoms with E-state index in [1.54, 1.807) is 0 Å². The molecule has 1 fully saturated rings. The number of benzene rings is 1. The van der Waals surface area contributed by atoms with Crippen molar-refractivity contribution in [1.82, 2.24) is 5.32 Å². The van der Waals surface area contributed by atoms with Crippen LogP contribution in [0.2, 0.25) is 0 Å². The maximum Gasteiger partial charge on any atom is 0.124 e. The lowest BCUT2D eigenvalue weighted by atomic mass is 10.0. The summed E-state index contributed by atoms with van der Waals surface area (Å²) in [6.07, 6.45) is 1.29. The molecule has 2 aliphatic rings. The molecule has 0 aromatic heterocycles. The van der Waals surface area contributed by atoms with Crippen LogP contribution in [0.3, 0.4) is 0 Å². The quantitative estimate of drug-likeness (QED) is 0.851. The summed E-state index contributed by atoms with van der Waals surface area (Å²) in [5.74, 6) is 3.61. The van der Waals surface area contributed by atoms with Crippen molar-refractivity contribution < 1.29 is 4.74 Å². The first-order chi connectivity index (χ1) is 7.83. The largest absolute Gasteiger partial charge is 0.491 e. The van der Waals surface area contributed by atoms with E-state index in [0.29, 0.717) is 12.1 Å². The van der Waals surface area contributed by atoms with Gasteiger partial charge in [0.15, 0.2) is 0 Å². The molecule has 2 aliphatic heterocycles. The Hall–Kier alpha value is -0.670. The third-order valence-electron chi connectivity index (χ3n) is 3.31. The minimum atomic E-state index is 0.401. The molecule has 2 heterocycles. The summed E-state index contributed by atoms with van der Waals surface area (Å²) in [6.45, 7) is 2.93. The lowest BCUT2D eigenvalue weighted by Crippen LogP contribution is -2.33. The summed E-state index contributed by atoms with van der Waals surface area (Å²) in [6, 6.07) is 7.54. The van der Waals surface area contributed by atoms with Crippen LogP contribution in [-0.4, -0.2) is 24.2 Å². The molecule has 3 heteroatoms. The Kier molecular flexibility index (Phi) is 2.82. The highest BCUT2D eigenvalue weighted by molar-refractivity contribution is 7.99. The second-order valence-corrected chi connectivity index (χ2v) is 5.78. The minimum Gasteiger partial charge on any atom is -0.491 e. The van der Waals surface area contributed by atoms with Gasteiger partial charge in [-0.2, -0.15) is 11.8 Å². The fraction of sp³-hybridized carbons (Fsp3) is 0.538. The molecule has 0 amide bonds. The van der Waals surface area contributed by atoms with Crippen molar-refractivity contribution in [3.8, 4) is 5.75 Å². The van der Waals surface area contributed by atoms with Crippen molar-refractivity contribution in [1.29, 1.82) is 0 Å². The van der Waals surface area contributed by atoms with Gasteiger partial charge in [0.25, 0.3) is 0 Å². The summed E-state index contributed by atoms with van der Waals surface area (Å²) in [5.41, 5.74) is 2.66. The Balaban J connectivity index is 1.77. The maximum atomic E-state index is 5.71. The molecule has 1 aromatic carbocycles. The Bertz CT molecular complexity index is 388. The summed E-state index contributed by atoms with van der Waals surface area (Å²) in [5, 5.41) is 3.72. The third kappa shape index (κ3) is 1.94. The highest BCUT2D eigenvalue weighted by Gasteiger charge is 2.27. The van der Waals surface area contributed by atoms with E-state index in [1.807, 2.05) is 11.8 Å². The molecule has 1 N–H and O–H groups in total. The van der Waals surface area contributed by atoms with Crippen molar-refractivity contribution in [3.05, 3.63) is 29.3 Å². The molecule has 16 heavy (non-hydrogen) atoms. The lowest BCUT2D eigenvalue weighted by molar-refractivity contribution is 0.301. The molecule has 0 bridgehead atoms. The zero-order chi connectivity index (χ0) is 11.0. The maximum absolute atomic E-state index is 5.71. The van der Waals surface area contributed by atoms with Gasteiger partial charge in [0.2, 0.25) is 0 Å². The van der Waals surface area contributed by atoms with E-state index in [1.165, 1.54) is 29.1 Å². The Labute approximate surface area is 101 Å². The molecule has 0 saturated carbocycles. The number of thioether (sulfide) groups is 1. The van der Waals surface area contributed by atoms with Crippen molar-refractivity contribution >= 4 is 11.8 Å². The van der Waals surface area contributed by atoms with Crippen LogP contribution >= 0.6 is 11.8 Å². The molecule has 0 radical (unpaired) electrons. The molecule has 0 spiro atoms. The Morgan fingerprint density at radius 3 is 3.19 bits per heavy atom. The molecular weight excluding hydrogens is 218 g/mol. The number of hydrogen-bond donors (Lipinski definition) is 1. The third-order valence-corrected chi connectivity index (χ3v) is 4.48. The smallest absolute Gasteiger partial charge is 0.124 e. The SMILES string of the molecule is Cc1ccc2c(c1)C(NC1CCSC1)CO2. The van der Waals surface area contributed by atoms with Gasteiger partial charge in [-0.15, -0.1) is 0 Å². The van der Waals surface area contributed by atoms with Crippen LogP contribution in [0.1, 0.15) is 23.6 Å². The topological polar surface area (TPSA) is 21.3 Å². The Morgan fingerprint density at radius 2 is 2.38 bits per heavy atom. The van der Waals surface area contributed by atoms with Crippen molar-refractivity contribution in [2.75, 3.05) is 18.1 Å². The lowest BCUT2D eigenvalue weighted by Gasteiger charge is -2.17. The fourth-order valence-electron chi connectivity index (χ4n) is 2.42. The van der Waals surface area contributed by atoms with E-state index in [2.05, 4.69) is 30.4 Å².